The standard InChI is InChI=1S/C21H24FN3O/c1-24(15-17-5-9-20(22)10-6-17)13-14-26-16-18-3-7-19(8-4-18)21-11-12-23-25(21)2/h3-12H,13-16H2,1-2H3. The molecule has 2 aromatic carbocycles. The summed E-state index contributed by atoms with van der Waals surface area (Å²) < 4.78 is 20.6. The van der Waals surface area contributed by atoms with Gasteiger partial charge >= 0.3 is 0 Å². The van der Waals surface area contributed by atoms with Gasteiger partial charge in [-0.2, -0.15) is 5.10 Å². The summed E-state index contributed by atoms with van der Waals surface area (Å²) in [5, 5.41) is 4.20. The highest BCUT2D eigenvalue weighted by Crippen LogP contribution is 2.18. The maximum atomic E-state index is 12.9. The molecule has 0 aliphatic rings. The van der Waals surface area contributed by atoms with Crippen LogP contribution >= 0.6 is 0 Å². The van der Waals surface area contributed by atoms with Gasteiger partial charge in [0.1, 0.15) is 5.82 Å². The number of nitrogens with zero attached hydrogens (tertiary/aromatic N) is 3. The topological polar surface area (TPSA) is 30.3 Å². The molecule has 3 rings (SSSR count). The zero-order valence-electron chi connectivity index (χ0n) is 15.2. The molecular weight excluding hydrogens is 329 g/mol. The van der Waals surface area contributed by atoms with Crippen molar-refractivity contribution in [3.8, 4) is 11.3 Å². The van der Waals surface area contributed by atoms with E-state index >= 15 is 0 Å². The minimum atomic E-state index is -0.200. The van der Waals surface area contributed by atoms with Crippen LogP contribution < -0.4 is 0 Å². The molecule has 0 unspecified atom stereocenters. The minimum absolute atomic E-state index is 0.200. The number of halogens is 1. The molecule has 136 valence electrons. The molecule has 0 atom stereocenters. The number of ether oxygens (including phenoxy) is 1. The molecule has 0 radical (unpaired) electrons. The third-order valence-corrected chi connectivity index (χ3v) is 4.32. The average molecular weight is 353 g/mol. The Labute approximate surface area is 153 Å². The molecule has 4 nitrogen and oxygen atoms in total. The molecule has 0 saturated heterocycles. The highest BCUT2D eigenvalue weighted by molar-refractivity contribution is 5.59. The summed E-state index contributed by atoms with van der Waals surface area (Å²) >= 11 is 0. The molecular formula is C21H24FN3O. The molecule has 0 spiro atoms. The molecule has 1 heterocycles. The van der Waals surface area contributed by atoms with Gasteiger partial charge in [-0.25, -0.2) is 4.39 Å². The largest absolute Gasteiger partial charge is 0.375 e. The van der Waals surface area contributed by atoms with E-state index in [0.717, 1.165) is 35.5 Å². The van der Waals surface area contributed by atoms with Crippen LogP contribution in [-0.4, -0.2) is 34.9 Å². The van der Waals surface area contributed by atoms with E-state index in [2.05, 4.69) is 34.3 Å². The average Bonchev–Trinajstić information content (AvgIpc) is 3.07. The van der Waals surface area contributed by atoms with Crippen molar-refractivity contribution in [2.45, 2.75) is 13.2 Å². The monoisotopic (exact) mass is 353 g/mol. The Balaban J connectivity index is 1.40. The fraction of sp³-hybridized carbons (Fsp3) is 0.286. The van der Waals surface area contributed by atoms with Gasteiger partial charge in [-0.3, -0.25) is 9.58 Å². The minimum Gasteiger partial charge on any atom is -0.375 e. The van der Waals surface area contributed by atoms with E-state index in [0.29, 0.717) is 13.2 Å². The molecule has 0 N–H and O–H groups in total. The van der Waals surface area contributed by atoms with Gasteiger partial charge in [-0.05, 0) is 41.9 Å². The highest BCUT2D eigenvalue weighted by Gasteiger charge is 2.04. The Hall–Kier alpha value is -2.50. The van der Waals surface area contributed by atoms with Crippen molar-refractivity contribution in [1.29, 1.82) is 0 Å². The second-order valence-electron chi connectivity index (χ2n) is 6.45. The summed E-state index contributed by atoms with van der Waals surface area (Å²) in [4.78, 5) is 2.17. The van der Waals surface area contributed by atoms with Crippen molar-refractivity contribution in [3.63, 3.8) is 0 Å². The third kappa shape index (κ3) is 5.00. The lowest BCUT2D eigenvalue weighted by Gasteiger charge is -2.16. The van der Waals surface area contributed by atoms with Gasteiger partial charge in [0.15, 0.2) is 0 Å². The van der Waals surface area contributed by atoms with Crippen molar-refractivity contribution in [1.82, 2.24) is 14.7 Å². The van der Waals surface area contributed by atoms with Crippen LogP contribution in [0.1, 0.15) is 11.1 Å². The third-order valence-electron chi connectivity index (χ3n) is 4.32. The van der Waals surface area contributed by atoms with Crippen molar-refractivity contribution < 1.29 is 9.13 Å². The maximum Gasteiger partial charge on any atom is 0.123 e. The van der Waals surface area contributed by atoms with Gasteiger partial charge in [0.05, 0.1) is 18.9 Å². The molecule has 1 aromatic heterocycles. The summed E-state index contributed by atoms with van der Waals surface area (Å²) in [6, 6.07) is 17.0. The Kier molecular flexibility index (Phi) is 6.15. The molecule has 0 fully saturated rings. The lowest BCUT2D eigenvalue weighted by atomic mass is 10.1. The Morgan fingerprint density at radius 3 is 2.35 bits per heavy atom. The van der Waals surface area contributed by atoms with Crippen LogP contribution in [-0.2, 0) is 24.9 Å². The van der Waals surface area contributed by atoms with E-state index in [1.54, 1.807) is 6.20 Å². The Morgan fingerprint density at radius 1 is 1.00 bits per heavy atom. The van der Waals surface area contributed by atoms with E-state index in [1.165, 1.54) is 12.1 Å². The molecule has 0 aliphatic carbocycles. The summed E-state index contributed by atoms with van der Waals surface area (Å²) in [5.41, 5.74) is 4.49. The molecule has 0 amide bonds. The van der Waals surface area contributed by atoms with Crippen LogP contribution in [0.3, 0.4) is 0 Å². The molecule has 0 aliphatic heterocycles. The lowest BCUT2D eigenvalue weighted by Crippen LogP contribution is -2.22. The molecule has 26 heavy (non-hydrogen) atoms. The normalized spacial score (nSPS) is 11.2. The van der Waals surface area contributed by atoms with Gasteiger partial charge in [0.25, 0.3) is 0 Å². The second-order valence-corrected chi connectivity index (χ2v) is 6.45. The van der Waals surface area contributed by atoms with Gasteiger partial charge < -0.3 is 4.74 Å². The first-order chi connectivity index (χ1) is 12.6. The molecule has 0 bridgehead atoms. The summed E-state index contributed by atoms with van der Waals surface area (Å²) in [6.07, 6.45) is 1.80. The smallest absolute Gasteiger partial charge is 0.123 e. The highest BCUT2D eigenvalue weighted by atomic mass is 19.1. The number of hydrogen-bond donors (Lipinski definition) is 0. The SMILES string of the molecule is CN(CCOCc1ccc(-c2ccnn2C)cc1)Cc1ccc(F)cc1. The number of benzene rings is 2. The summed E-state index contributed by atoms with van der Waals surface area (Å²) in [5.74, 6) is -0.200. The van der Waals surface area contributed by atoms with Crippen LogP contribution in [0.25, 0.3) is 11.3 Å². The fourth-order valence-electron chi connectivity index (χ4n) is 2.82. The maximum absolute atomic E-state index is 12.9. The molecule has 5 heteroatoms. The second kappa shape index (κ2) is 8.74. The van der Waals surface area contributed by atoms with E-state index in [9.17, 15) is 4.39 Å². The number of hydrogen-bond acceptors (Lipinski definition) is 3. The Morgan fingerprint density at radius 2 is 1.69 bits per heavy atom. The fourth-order valence-corrected chi connectivity index (χ4v) is 2.82. The summed E-state index contributed by atoms with van der Waals surface area (Å²) in [6.45, 7) is 2.85. The molecule has 0 saturated carbocycles. The van der Waals surface area contributed by atoms with Gasteiger partial charge in [0.2, 0.25) is 0 Å². The first kappa shape index (κ1) is 18.3. The number of aryl methyl sites for hydroxylation is 1. The van der Waals surface area contributed by atoms with Gasteiger partial charge in [-0.15, -0.1) is 0 Å². The first-order valence-electron chi connectivity index (χ1n) is 8.70. The van der Waals surface area contributed by atoms with Crippen LogP contribution in [0.2, 0.25) is 0 Å². The van der Waals surface area contributed by atoms with Crippen molar-refractivity contribution in [2.24, 2.45) is 7.05 Å². The molecule has 3 aromatic rings. The first-order valence-corrected chi connectivity index (χ1v) is 8.70. The zero-order valence-corrected chi connectivity index (χ0v) is 15.2. The van der Waals surface area contributed by atoms with E-state index in [-0.39, 0.29) is 5.82 Å². The van der Waals surface area contributed by atoms with Crippen molar-refractivity contribution >= 4 is 0 Å². The number of likely N-dealkylation sites (N-methyl/N-ethyl adjacent to an activating group) is 1. The van der Waals surface area contributed by atoms with E-state index < -0.39 is 0 Å². The predicted molar refractivity (Wildman–Crippen MR) is 101 cm³/mol. The quantitative estimate of drug-likeness (QED) is 0.576. The zero-order chi connectivity index (χ0) is 18.4. The Bertz CT molecular complexity index is 812. The van der Waals surface area contributed by atoms with Crippen molar-refractivity contribution in [3.05, 3.63) is 77.7 Å². The number of rotatable bonds is 8. The van der Waals surface area contributed by atoms with Crippen LogP contribution in [0.15, 0.2) is 60.8 Å². The lowest BCUT2D eigenvalue weighted by molar-refractivity contribution is 0.0980. The van der Waals surface area contributed by atoms with Crippen molar-refractivity contribution in [2.75, 3.05) is 20.2 Å². The van der Waals surface area contributed by atoms with Crippen LogP contribution in [0.4, 0.5) is 4.39 Å². The van der Waals surface area contributed by atoms with Gasteiger partial charge in [0, 0.05) is 26.3 Å². The van der Waals surface area contributed by atoms with E-state index in [1.807, 2.05) is 37.0 Å². The van der Waals surface area contributed by atoms with Crippen LogP contribution in [0, 0.1) is 5.82 Å². The van der Waals surface area contributed by atoms with E-state index in [4.69, 9.17) is 4.74 Å². The van der Waals surface area contributed by atoms with Gasteiger partial charge in [-0.1, -0.05) is 36.4 Å². The predicted octanol–water partition coefficient (Wildman–Crippen LogP) is 3.87. The summed E-state index contributed by atoms with van der Waals surface area (Å²) in [7, 11) is 3.98. The van der Waals surface area contributed by atoms with Crippen LogP contribution in [0.5, 0.6) is 0 Å². The number of aromatic nitrogens is 2.